The molecule has 0 radical (unpaired) electrons. The highest BCUT2D eigenvalue weighted by molar-refractivity contribution is 6.33. The largest absolute Gasteiger partial charge is 0.462 e. The minimum Gasteiger partial charge on any atom is -0.462 e. The molecule has 15 heteroatoms. The molecule has 3 heterocycles. The molecule has 0 saturated heterocycles. The van der Waals surface area contributed by atoms with Gasteiger partial charge in [0.25, 0.3) is 11.7 Å². The van der Waals surface area contributed by atoms with Crippen molar-refractivity contribution in [1.82, 2.24) is 5.32 Å². The third kappa shape index (κ3) is 9.93. The predicted octanol–water partition coefficient (Wildman–Crippen LogP) is 7.16. The first-order valence-electron chi connectivity index (χ1n) is 22.6. The summed E-state index contributed by atoms with van der Waals surface area (Å²) in [6.45, 7) is 14.4. The van der Waals surface area contributed by atoms with Crippen LogP contribution in [0.25, 0.3) is 0 Å². The molecule has 7 rings (SSSR count). The fraction of sp³-hybridized carbons (Fsp3) is 0.490. The Morgan fingerprint density at radius 1 is 0.848 bits per heavy atom. The van der Waals surface area contributed by atoms with Crippen molar-refractivity contribution in [2.45, 2.75) is 125 Å². The van der Waals surface area contributed by atoms with Gasteiger partial charge in [0.1, 0.15) is 29.0 Å². The first-order valence-corrected chi connectivity index (χ1v) is 22.6. The molecule has 5 bridgehead atoms. The number of aryl methyl sites for hydroxylation is 1. The summed E-state index contributed by atoms with van der Waals surface area (Å²) in [5, 5.41) is 28.7. The number of hydrogen-bond donors (Lipinski definition) is 4. The highest BCUT2D eigenvalue weighted by Crippen LogP contribution is 2.49. The van der Waals surface area contributed by atoms with Gasteiger partial charge in [0.15, 0.2) is 0 Å². The Bertz CT molecular complexity index is 2390. The molecule has 2 aliphatic carbocycles. The number of amides is 1. The lowest BCUT2D eigenvalue weighted by molar-refractivity contribution is -0.160. The number of aliphatic hydroxyl groups is 2. The van der Waals surface area contributed by atoms with Crippen molar-refractivity contribution in [3.63, 3.8) is 0 Å². The molecule has 0 aromatic heterocycles. The molecular weight excluding hydrogens is 849 g/mol. The van der Waals surface area contributed by atoms with Gasteiger partial charge in [0, 0.05) is 61.5 Å². The number of allylic oxidation sites excluding steroid dienone is 4. The number of fused-ring (bicyclic) bond motifs is 14. The van der Waals surface area contributed by atoms with E-state index in [-0.39, 0.29) is 33.9 Å². The minimum absolute atomic E-state index is 0.0803. The number of benzene rings is 2. The van der Waals surface area contributed by atoms with E-state index in [4.69, 9.17) is 23.7 Å². The van der Waals surface area contributed by atoms with E-state index in [9.17, 15) is 29.4 Å². The predicted molar refractivity (Wildman–Crippen MR) is 244 cm³/mol. The van der Waals surface area contributed by atoms with Gasteiger partial charge in [0.05, 0.1) is 47.2 Å². The number of carbonyl (C=O) groups excluding carboxylic acids is 6. The SMILES string of the molecule is COC1C=COC2(C)Oc3c(C)c(OC(=O)C4CCCCC4)c4c(c3C2=O)C(=O)C(Nc2ccc(C)cc2)=C(NC(=O)C(C)=CC=CC(C)C(O)C(C)C(O)C(C)C(OC(C)=O)C1C)C4=O. The highest BCUT2D eigenvalue weighted by Gasteiger charge is 2.53. The lowest BCUT2D eigenvalue weighted by atomic mass is 9.78. The van der Waals surface area contributed by atoms with E-state index in [1.165, 1.54) is 53.2 Å². The first-order chi connectivity index (χ1) is 31.2. The number of Topliss-reactive ketones (excluding diaryl/α,β-unsaturated/α-hetero) is 3. The molecule has 66 heavy (non-hydrogen) atoms. The van der Waals surface area contributed by atoms with E-state index in [1.807, 2.05) is 6.92 Å². The van der Waals surface area contributed by atoms with Gasteiger partial charge >= 0.3 is 17.7 Å². The molecule has 354 valence electrons. The van der Waals surface area contributed by atoms with Crippen LogP contribution in [0.5, 0.6) is 11.5 Å². The molecule has 0 spiro atoms. The van der Waals surface area contributed by atoms with E-state index >= 15 is 9.59 Å². The standard InChI is InChI=1S/C51H62N2O13/c1-25-19-21-34(22-20-25)52-39-40-44(58)37-36(43(39)57)38-47(31(7)46(37)65-50(61)33-17-12-11-13-18-33)66-51(9,48(38)59)63-24-23-35(62-10)28(4)45(64-32(8)54)30(6)42(56)29(5)41(55)26(2)15-14-16-27(3)49(60)53-40/h14-16,19-24,26,28-30,33,35,41-42,45,52,55-56H,11-13,17-18H2,1-10H3,(H,53,60). The fourth-order valence-electron chi connectivity index (χ4n) is 9.23. The number of anilines is 1. The number of methoxy groups -OCH3 is 1. The van der Waals surface area contributed by atoms with Crippen LogP contribution in [0.15, 0.2) is 71.8 Å². The van der Waals surface area contributed by atoms with Crippen molar-refractivity contribution in [1.29, 1.82) is 0 Å². The minimum atomic E-state index is -2.14. The van der Waals surface area contributed by atoms with Crippen LogP contribution < -0.4 is 20.1 Å². The lowest BCUT2D eigenvalue weighted by Gasteiger charge is -2.38. The monoisotopic (exact) mass is 910 g/mol. The molecule has 1 fully saturated rings. The van der Waals surface area contributed by atoms with E-state index in [2.05, 4.69) is 10.6 Å². The zero-order valence-electron chi connectivity index (χ0n) is 39.3. The Morgan fingerprint density at radius 2 is 1.52 bits per heavy atom. The average molecular weight is 911 g/mol. The van der Waals surface area contributed by atoms with Crippen LogP contribution in [-0.2, 0) is 28.6 Å². The second kappa shape index (κ2) is 20.3. The molecule has 5 aliphatic rings. The Kier molecular flexibility index (Phi) is 15.2. The number of ketones is 3. The Balaban J connectivity index is 1.55. The molecule has 9 unspecified atom stereocenters. The summed E-state index contributed by atoms with van der Waals surface area (Å²) in [7, 11) is 1.43. The number of ether oxygens (including phenoxy) is 5. The Morgan fingerprint density at radius 3 is 2.15 bits per heavy atom. The molecule has 1 amide bonds. The summed E-state index contributed by atoms with van der Waals surface area (Å²) in [6, 6.07) is 6.94. The zero-order valence-corrected chi connectivity index (χ0v) is 39.3. The molecule has 2 aromatic carbocycles. The van der Waals surface area contributed by atoms with Gasteiger partial charge in [-0.2, -0.15) is 0 Å². The summed E-state index contributed by atoms with van der Waals surface area (Å²) in [5.74, 6) is -10.2. The number of carbonyl (C=O) groups is 6. The van der Waals surface area contributed by atoms with Crippen LogP contribution >= 0.6 is 0 Å². The first kappa shape index (κ1) is 49.5. The summed E-state index contributed by atoms with van der Waals surface area (Å²) >= 11 is 0. The average Bonchev–Trinajstić information content (AvgIpc) is 3.56. The normalized spacial score (nSPS) is 28.9. The zero-order chi connectivity index (χ0) is 48.4. The van der Waals surface area contributed by atoms with Crippen LogP contribution in [0, 0.1) is 43.4 Å². The quantitative estimate of drug-likeness (QED) is 0.167. The maximum Gasteiger partial charge on any atom is 0.314 e. The Hall–Kier alpha value is -5.90. The number of esters is 2. The van der Waals surface area contributed by atoms with Crippen LogP contribution in [-0.4, -0.2) is 82.7 Å². The van der Waals surface area contributed by atoms with Gasteiger partial charge in [-0.05, 0) is 51.8 Å². The van der Waals surface area contributed by atoms with Gasteiger partial charge in [0.2, 0.25) is 11.6 Å². The van der Waals surface area contributed by atoms with Crippen molar-refractivity contribution in [2.24, 2.45) is 29.6 Å². The number of hydrogen-bond acceptors (Lipinski definition) is 14. The van der Waals surface area contributed by atoms with Crippen molar-refractivity contribution in [3.05, 3.63) is 99.6 Å². The maximum atomic E-state index is 15.2. The van der Waals surface area contributed by atoms with E-state index in [1.54, 1.807) is 64.1 Å². The van der Waals surface area contributed by atoms with Gasteiger partial charge in [-0.25, -0.2) is 0 Å². The van der Waals surface area contributed by atoms with Gasteiger partial charge in [-0.1, -0.05) is 82.9 Å². The van der Waals surface area contributed by atoms with Crippen LogP contribution in [0.2, 0.25) is 0 Å². The second-order valence-corrected chi connectivity index (χ2v) is 18.3. The summed E-state index contributed by atoms with van der Waals surface area (Å²) in [6.07, 6.45) is 7.06. The highest BCUT2D eigenvalue weighted by atomic mass is 16.7. The summed E-state index contributed by atoms with van der Waals surface area (Å²) in [4.78, 5) is 85.5. The summed E-state index contributed by atoms with van der Waals surface area (Å²) < 4.78 is 30.1. The van der Waals surface area contributed by atoms with Gasteiger partial charge in [-0.3, -0.25) is 28.8 Å². The molecular formula is C51H62N2O13. The number of nitrogens with one attached hydrogen (secondary N) is 2. The lowest BCUT2D eigenvalue weighted by Crippen LogP contribution is -2.46. The maximum absolute atomic E-state index is 15.2. The van der Waals surface area contributed by atoms with Gasteiger partial charge in [-0.15, -0.1) is 0 Å². The van der Waals surface area contributed by atoms with Crippen molar-refractivity contribution >= 4 is 40.9 Å². The molecule has 4 N–H and O–H groups in total. The molecule has 9 atom stereocenters. The second-order valence-electron chi connectivity index (χ2n) is 18.3. The Labute approximate surface area is 385 Å². The van der Waals surface area contributed by atoms with E-state index in [0.29, 0.717) is 18.5 Å². The third-order valence-corrected chi connectivity index (χ3v) is 13.4. The topological polar surface area (TPSA) is 213 Å². The number of aliphatic hydroxyl groups excluding tert-OH is 2. The van der Waals surface area contributed by atoms with E-state index in [0.717, 1.165) is 24.8 Å². The molecule has 15 nitrogen and oxygen atoms in total. The molecule has 3 aliphatic heterocycles. The summed E-state index contributed by atoms with van der Waals surface area (Å²) in [5.41, 5.74) is -0.363. The molecule has 1 saturated carbocycles. The van der Waals surface area contributed by atoms with Crippen molar-refractivity contribution < 1.29 is 62.7 Å². The van der Waals surface area contributed by atoms with Crippen LogP contribution in [0.3, 0.4) is 0 Å². The van der Waals surface area contributed by atoms with Crippen molar-refractivity contribution in [3.8, 4) is 11.5 Å². The third-order valence-electron chi connectivity index (χ3n) is 13.4. The van der Waals surface area contributed by atoms with Crippen LogP contribution in [0.4, 0.5) is 5.69 Å². The van der Waals surface area contributed by atoms with E-state index < -0.39 is 112 Å². The number of rotatable bonds is 6. The fourth-order valence-corrected chi connectivity index (χ4v) is 9.23. The van der Waals surface area contributed by atoms with Gasteiger partial charge < -0.3 is 44.5 Å². The van der Waals surface area contributed by atoms with Crippen molar-refractivity contribution in [2.75, 3.05) is 12.4 Å². The molecule has 2 aromatic rings. The van der Waals surface area contributed by atoms with Crippen LogP contribution in [0.1, 0.15) is 123 Å². The smallest absolute Gasteiger partial charge is 0.314 e.